The number of pyridine rings is 2. The number of halogens is 5. The van der Waals surface area contributed by atoms with E-state index >= 15 is 0 Å². The molecule has 0 spiro atoms. The number of fused-ring (bicyclic) bond motifs is 2. The van der Waals surface area contributed by atoms with Crippen molar-refractivity contribution in [1.29, 1.82) is 0 Å². The van der Waals surface area contributed by atoms with Gasteiger partial charge in [0, 0.05) is 53.8 Å². The Morgan fingerprint density at radius 1 is 1.04 bits per heavy atom. The van der Waals surface area contributed by atoms with Crippen LogP contribution in [0.25, 0.3) is 33.2 Å². The van der Waals surface area contributed by atoms with E-state index in [2.05, 4.69) is 15.4 Å². The number of anilines is 2. The molecule has 4 heterocycles. The molecule has 7 rings (SSSR count). The Morgan fingerprint density at radius 3 is 2.52 bits per heavy atom. The quantitative estimate of drug-likeness (QED) is 0.188. The summed E-state index contributed by atoms with van der Waals surface area (Å²) in [5.74, 6) is 0.159. The molecule has 1 saturated heterocycles. The number of aromatic nitrogens is 4. The van der Waals surface area contributed by atoms with Crippen molar-refractivity contribution < 1.29 is 27.4 Å². The van der Waals surface area contributed by atoms with Gasteiger partial charge in [-0.1, -0.05) is 53.5 Å². The van der Waals surface area contributed by atoms with Crippen LogP contribution in [0.15, 0.2) is 59.5 Å². The van der Waals surface area contributed by atoms with Crippen LogP contribution in [0.2, 0.25) is 10.0 Å². The molecule has 1 aliphatic heterocycles. The van der Waals surface area contributed by atoms with E-state index in [1.165, 1.54) is 13.2 Å². The predicted octanol–water partition coefficient (Wildman–Crippen LogP) is 6.74. The van der Waals surface area contributed by atoms with Crippen LogP contribution >= 0.6 is 23.2 Å². The van der Waals surface area contributed by atoms with E-state index in [0.29, 0.717) is 59.3 Å². The number of nitrogens with two attached hydrogens (primary N) is 1. The van der Waals surface area contributed by atoms with E-state index in [-0.39, 0.29) is 45.6 Å². The van der Waals surface area contributed by atoms with Gasteiger partial charge in [-0.3, -0.25) is 4.79 Å². The summed E-state index contributed by atoms with van der Waals surface area (Å²) in [7, 11) is 2.96. The van der Waals surface area contributed by atoms with Gasteiger partial charge in [0.15, 0.2) is 0 Å². The number of alkyl halides is 3. The molecule has 10 nitrogen and oxygen atoms in total. The maximum atomic E-state index is 13.8. The van der Waals surface area contributed by atoms with Crippen molar-refractivity contribution in [3.05, 3.63) is 91.9 Å². The van der Waals surface area contributed by atoms with Gasteiger partial charge in [0.1, 0.15) is 11.5 Å². The van der Waals surface area contributed by atoms with Crippen molar-refractivity contribution in [1.82, 2.24) is 19.7 Å². The highest BCUT2D eigenvalue weighted by atomic mass is 35.5. The molecule has 5 aromatic rings. The SMILES string of the molecule is COc1nc(-c2cccc(-c3cccc(Nc4nc(C(F)(F)F)cc5cnn(C)c(=O)c45)c3Cl)c2Cl)cc2c1CC(O[C@@H]1COCC[C@H]1N)C2. The molecule has 1 aliphatic carbocycles. The fourth-order valence-corrected chi connectivity index (χ4v) is 7.05. The number of methoxy groups -OCH3 is 1. The largest absolute Gasteiger partial charge is 0.481 e. The molecular weight excluding hydrogens is 696 g/mol. The second-order valence-corrected chi connectivity index (χ2v) is 13.0. The van der Waals surface area contributed by atoms with Gasteiger partial charge in [-0.05, 0) is 36.6 Å². The monoisotopic (exact) mass is 726 g/mol. The highest BCUT2D eigenvalue weighted by Crippen LogP contribution is 2.44. The second kappa shape index (κ2) is 13.5. The van der Waals surface area contributed by atoms with Gasteiger partial charge in [0.2, 0.25) is 5.88 Å². The summed E-state index contributed by atoms with van der Waals surface area (Å²) in [6.07, 6.45) is -1.88. The van der Waals surface area contributed by atoms with E-state index < -0.39 is 17.4 Å². The fourth-order valence-electron chi connectivity index (χ4n) is 6.46. The molecule has 2 aliphatic rings. The number of hydrogen-bond donors (Lipinski definition) is 2. The molecule has 1 fully saturated rings. The molecule has 0 bridgehead atoms. The third-order valence-corrected chi connectivity index (χ3v) is 9.82. The molecule has 2 aromatic carbocycles. The van der Waals surface area contributed by atoms with E-state index in [9.17, 15) is 18.0 Å². The molecule has 50 heavy (non-hydrogen) atoms. The number of benzene rings is 2. The van der Waals surface area contributed by atoms with Crippen LogP contribution in [-0.2, 0) is 35.5 Å². The molecule has 260 valence electrons. The zero-order valence-electron chi connectivity index (χ0n) is 26.9. The lowest BCUT2D eigenvalue weighted by Gasteiger charge is -2.30. The normalized spacial score (nSPS) is 19.1. The van der Waals surface area contributed by atoms with Crippen molar-refractivity contribution in [3.63, 3.8) is 0 Å². The average molecular weight is 728 g/mol. The molecule has 3 aromatic heterocycles. The van der Waals surface area contributed by atoms with Gasteiger partial charge >= 0.3 is 6.18 Å². The molecule has 15 heteroatoms. The standard InChI is InChI=1S/C35H31Cl2F3N6O4/c1-46-34(47)29-18(15-42-46)13-28(35(38,39)40)45-32(29)43-25-8-4-6-21(31(25)37)20-5-3-7-22(30(20)36)26-12-17-11-19(14-23(17)33(44-26)48-2)50-27-16-49-10-9-24(27)41/h3-8,12-13,15,19,24,27H,9-11,14,16,41H2,1-2H3,(H,43,45)/t19?,24-,27-/m1/s1. The Morgan fingerprint density at radius 2 is 1.78 bits per heavy atom. The van der Waals surface area contributed by atoms with Gasteiger partial charge in [0.05, 0.1) is 58.9 Å². The summed E-state index contributed by atoms with van der Waals surface area (Å²) in [5.41, 5.74) is 8.90. The highest BCUT2D eigenvalue weighted by molar-refractivity contribution is 6.39. The minimum absolute atomic E-state index is 0.0253. The van der Waals surface area contributed by atoms with Crippen LogP contribution in [0.3, 0.4) is 0 Å². The van der Waals surface area contributed by atoms with Crippen molar-refractivity contribution in [2.45, 2.75) is 43.7 Å². The van der Waals surface area contributed by atoms with Gasteiger partial charge in [0.25, 0.3) is 5.56 Å². The van der Waals surface area contributed by atoms with Gasteiger partial charge in [-0.25, -0.2) is 14.6 Å². The Labute approximate surface area is 294 Å². The number of hydrogen-bond acceptors (Lipinski definition) is 9. The van der Waals surface area contributed by atoms with Gasteiger partial charge in [-0.15, -0.1) is 0 Å². The van der Waals surface area contributed by atoms with Crippen molar-refractivity contribution in [2.24, 2.45) is 12.8 Å². The molecule has 0 amide bonds. The Balaban J connectivity index is 1.23. The molecule has 0 radical (unpaired) electrons. The van der Waals surface area contributed by atoms with Crippen LogP contribution in [0.1, 0.15) is 23.2 Å². The summed E-state index contributed by atoms with van der Waals surface area (Å²) in [4.78, 5) is 21.6. The third kappa shape index (κ3) is 6.40. The predicted molar refractivity (Wildman–Crippen MR) is 184 cm³/mol. The lowest BCUT2D eigenvalue weighted by atomic mass is 9.99. The molecule has 3 N–H and O–H groups in total. The van der Waals surface area contributed by atoms with Crippen LogP contribution in [-0.4, -0.2) is 58.3 Å². The molecular formula is C35H31Cl2F3N6O4. The van der Waals surface area contributed by atoms with Crippen LogP contribution in [0.4, 0.5) is 24.7 Å². The van der Waals surface area contributed by atoms with Gasteiger partial charge < -0.3 is 25.3 Å². The van der Waals surface area contributed by atoms with E-state index in [4.69, 9.17) is 48.1 Å². The first-order valence-corrected chi connectivity index (χ1v) is 16.5. The highest BCUT2D eigenvalue weighted by Gasteiger charge is 2.35. The maximum Gasteiger partial charge on any atom is 0.433 e. The number of aryl methyl sites for hydroxylation is 1. The summed E-state index contributed by atoms with van der Waals surface area (Å²) in [6.45, 7) is 1.08. The summed E-state index contributed by atoms with van der Waals surface area (Å²) >= 11 is 14.0. The minimum atomic E-state index is -4.77. The Hall–Kier alpha value is -4.27. The fraction of sp³-hybridized carbons (Fsp3) is 0.314. The first-order chi connectivity index (χ1) is 23.9. The number of rotatable bonds is 7. The maximum absolute atomic E-state index is 13.8. The Kier molecular flexibility index (Phi) is 9.20. The third-order valence-electron chi connectivity index (χ3n) is 9.01. The number of ether oxygens (including phenoxy) is 3. The van der Waals surface area contributed by atoms with Crippen molar-refractivity contribution >= 4 is 45.5 Å². The lowest BCUT2D eigenvalue weighted by molar-refractivity contribution is -0.141. The zero-order valence-corrected chi connectivity index (χ0v) is 28.4. The number of nitrogens with zero attached hydrogens (tertiary/aromatic N) is 4. The van der Waals surface area contributed by atoms with Crippen LogP contribution in [0.5, 0.6) is 5.88 Å². The van der Waals surface area contributed by atoms with Crippen LogP contribution in [0, 0.1) is 0 Å². The molecule has 1 unspecified atom stereocenters. The van der Waals surface area contributed by atoms with Crippen LogP contribution < -0.4 is 21.3 Å². The number of nitrogens with one attached hydrogen (secondary N) is 1. The summed E-state index contributed by atoms with van der Waals surface area (Å²) < 4.78 is 60.0. The topological polar surface area (TPSA) is 126 Å². The second-order valence-electron chi connectivity index (χ2n) is 12.2. The smallest absolute Gasteiger partial charge is 0.433 e. The van der Waals surface area contributed by atoms with Crippen molar-refractivity contribution in [2.75, 3.05) is 25.6 Å². The van der Waals surface area contributed by atoms with E-state index in [1.54, 1.807) is 31.4 Å². The van der Waals surface area contributed by atoms with E-state index in [1.807, 2.05) is 18.2 Å². The Bertz CT molecular complexity index is 2180. The first-order valence-electron chi connectivity index (χ1n) is 15.8. The van der Waals surface area contributed by atoms with Gasteiger partial charge in [-0.2, -0.15) is 18.3 Å². The lowest BCUT2D eigenvalue weighted by Crippen LogP contribution is -2.46. The van der Waals surface area contributed by atoms with Crippen molar-refractivity contribution in [3.8, 4) is 28.3 Å². The molecule has 0 saturated carbocycles. The summed E-state index contributed by atoms with van der Waals surface area (Å²) in [6, 6.07) is 13.1. The first kappa shape index (κ1) is 34.2. The summed E-state index contributed by atoms with van der Waals surface area (Å²) in [5, 5.41) is 7.13. The van der Waals surface area contributed by atoms with E-state index in [0.717, 1.165) is 28.3 Å². The minimum Gasteiger partial charge on any atom is -0.481 e. The molecule has 3 atom stereocenters. The average Bonchev–Trinajstić information content (AvgIpc) is 3.50. The zero-order chi connectivity index (χ0) is 35.3.